The Balaban J connectivity index is 3.32. The van der Waals surface area contributed by atoms with Crippen molar-refractivity contribution in [3.8, 4) is 0 Å². The van der Waals surface area contributed by atoms with Crippen molar-refractivity contribution >= 4 is 18.2 Å². The summed E-state index contributed by atoms with van der Waals surface area (Å²) >= 11 is 0. The number of carbonyl (C=O) groups is 3. The average molecular weight is 400 g/mol. The molecule has 6 nitrogen and oxygen atoms in total. The Morgan fingerprint density at radius 1 is 0.750 bits per heavy atom. The number of carboxylic acid groups (broad SMARTS) is 1. The molecular formula is C22H41NO5. The molecule has 0 aliphatic rings. The third kappa shape index (κ3) is 18.0. The second-order valence-corrected chi connectivity index (χ2v) is 7.63. The molecule has 0 aliphatic carbocycles. The molecular weight excluding hydrogens is 358 g/mol. The minimum atomic E-state index is -1.10. The van der Waals surface area contributed by atoms with E-state index in [9.17, 15) is 14.4 Å². The number of unbranched alkanes of at least 4 members (excludes halogenated alkanes) is 14. The highest BCUT2D eigenvalue weighted by Gasteiger charge is 2.18. The molecule has 6 heteroatoms. The zero-order valence-corrected chi connectivity index (χ0v) is 17.5. The van der Waals surface area contributed by atoms with E-state index in [1.165, 1.54) is 64.2 Å². The summed E-state index contributed by atoms with van der Waals surface area (Å²) in [6.45, 7) is -0.250. The van der Waals surface area contributed by atoms with Gasteiger partial charge in [0.1, 0.15) is 12.3 Å². The number of hydrogen-bond donors (Lipinski definition) is 3. The Morgan fingerprint density at radius 2 is 1.18 bits per heavy atom. The minimum Gasteiger partial charge on any atom is -0.480 e. The molecule has 0 bridgehead atoms. The fraction of sp³-hybridized carbons (Fsp3) is 0.864. The van der Waals surface area contributed by atoms with E-state index >= 15 is 0 Å². The predicted octanol–water partition coefficient (Wildman–Crippen LogP) is 4.38. The second-order valence-electron chi connectivity index (χ2n) is 7.63. The summed E-state index contributed by atoms with van der Waals surface area (Å²) in [7, 11) is 0. The Kier molecular flexibility index (Phi) is 19.3. The molecule has 0 fully saturated rings. The fourth-order valence-electron chi connectivity index (χ4n) is 3.29. The van der Waals surface area contributed by atoms with Crippen molar-refractivity contribution in [3.05, 3.63) is 0 Å². The van der Waals surface area contributed by atoms with Gasteiger partial charge in [0.15, 0.2) is 0 Å². The molecule has 0 heterocycles. The Labute approximate surface area is 170 Å². The van der Waals surface area contributed by atoms with Crippen LogP contribution in [0.4, 0.5) is 0 Å². The van der Waals surface area contributed by atoms with Crippen molar-refractivity contribution in [2.75, 3.05) is 6.61 Å². The molecule has 0 radical (unpaired) electrons. The number of aliphatic hydroxyl groups excluding tert-OH is 1. The highest BCUT2D eigenvalue weighted by Crippen LogP contribution is 2.13. The van der Waals surface area contributed by atoms with Gasteiger partial charge in [0.05, 0.1) is 0 Å². The lowest BCUT2D eigenvalue weighted by molar-refractivity contribution is -0.142. The van der Waals surface area contributed by atoms with Crippen molar-refractivity contribution in [1.82, 2.24) is 5.32 Å². The number of hydrogen-bond acceptors (Lipinski definition) is 4. The third-order valence-electron chi connectivity index (χ3n) is 5.03. The third-order valence-corrected chi connectivity index (χ3v) is 5.03. The Morgan fingerprint density at radius 3 is 1.57 bits per heavy atom. The van der Waals surface area contributed by atoms with Crippen molar-refractivity contribution < 1.29 is 24.6 Å². The van der Waals surface area contributed by atoms with Gasteiger partial charge in [-0.1, -0.05) is 77.0 Å². The van der Waals surface area contributed by atoms with Crippen LogP contribution in [-0.4, -0.2) is 41.0 Å². The van der Waals surface area contributed by atoms with Crippen LogP contribution in [0.1, 0.15) is 109 Å². The summed E-state index contributed by atoms with van der Waals surface area (Å²) < 4.78 is 0. The molecule has 0 aromatic heterocycles. The summed E-state index contributed by atoms with van der Waals surface area (Å²) in [6.07, 6.45) is 18.7. The van der Waals surface area contributed by atoms with Crippen LogP contribution in [0.25, 0.3) is 0 Å². The van der Waals surface area contributed by atoms with E-state index in [4.69, 9.17) is 10.2 Å². The van der Waals surface area contributed by atoms with Crippen LogP contribution in [0.2, 0.25) is 0 Å². The topological polar surface area (TPSA) is 104 Å². The molecule has 3 N–H and O–H groups in total. The lowest BCUT2D eigenvalue weighted by Gasteiger charge is -2.12. The molecule has 0 rings (SSSR count). The van der Waals surface area contributed by atoms with E-state index in [0.717, 1.165) is 32.0 Å². The number of amides is 1. The van der Waals surface area contributed by atoms with Crippen molar-refractivity contribution in [2.24, 2.45) is 0 Å². The van der Waals surface area contributed by atoms with Gasteiger partial charge in [0.2, 0.25) is 5.91 Å². The van der Waals surface area contributed by atoms with Gasteiger partial charge >= 0.3 is 5.97 Å². The molecule has 28 heavy (non-hydrogen) atoms. The van der Waals surface area contributed by atoms with Crippen LogP contribution in [0.5, 0.6) is 0 Å². The Bertz CT molecular complexity index is 400. The van der Waals surface area contributed by atoms with Gasteiger partial charge in [0, 0.05) is 25.9 Å². The number of aliphatic carboxylic acids is 1. The SMILES string of the molecule is O=CCCCCCCCCCCCCCCCCC(=O)NC(CCO)C(=O)O. The number of aliphatic hydroxyl groups is 1. The monoisotopic (exact) mass is 399 g/mol. The summed E-state index contributed by atoms with van der Waals surface area (Å²) in [6, 6.07) is -0.986. The largest absolute Gasteiger partial charge is 0.480 e. The van der Waals surface area contributed by atoms with Crippen LogP contribution in [-0.2, 0) is 14.4 Å². The highest BCUT2D eigenvalue weighted by molar-refractivity contribution is 5.83. The van der Waals surface area contributed by atoms with Crippen LogP contribution >= 0.6 is 0 Å². The maximum atomic E-state index is 11.7. The summed E-state index contributed by atoms with van der Waals surface area (Å²) in [5.74, 6) is -1.35. The number of carboxylic acids is 1. The number of carbonyl (C=O) groups excluding carboxylic acids is 2. The van der Waals surface area contributed by atoms with Gasteiger partial charge in [-0.3, -0.25) is 4.79 Å². The molecule has 1 unspecified atom stereocenters. The lowest BCUT2D eigenvalue weighted by Crippen LogP contribution is -2.41. The first-order valence-corrected chi connectivity index (χ1v) is 11.2. The molecule has 1 amide bonds. The Hall–Kier alpha value is -1.43. The van der Waals surface area contributed by atoms with Crippen LogP contribution in [0, 0.1) is 0 Å². The molecule has 1 atom stereocenters. The van der Waals surface area contributed by atoms with Crippen molar-refractivity contribution in [3.63, 3.8) is 0 Å². The van der Waals surface area contributed by atoms with Gasteiger partial charge < -0.3 is 20.3 Å². The van der Waals surface area contributed by atoms with Gasteiger partial charge in [-0.2, -0.15) is 0 Å². The van der Waals surface area contributed by atoms with Crippen LogP contribution in [0.3, 0.4) is 0 Å². The fourth-order valence-corrected chi connectivity index (χ4v) is 3.29. The summed E-state index contributed by atoms with van der Waals surface area (Å²) in [5, 5.41) is 20.2. The standard InChI is InChI=1S/C22H41NO5/c24-18-15-13-11-9-7-5-3-1-2-4-6-8-10-12-14-16-21(26)23-20(17-19-25)22(27)28/h18,20,25H,1-17,19H2,(H,23,26)(H,27,28). The van der Waals surface area contributed by atoms with Gasteiger partial charge in [0.25, 0.3) is 0 Å². The molecule has 0 aromatic carbocycles. The van der Waals surface area contributed by atoms with Crippen LogP contribution < -0.4 is 5.32 Å². The maximum Gasteiger partial charge on any atom is 0.326 e. The summed E-state index contributed by atoms with van der Waals surface area (Å²) in [4.78, 5) is 32.8. The van der Waals surface area contributed by atoms with E-state index in [2.05, 4.69) is 5.32 Å². The zero-order chi connectivity index (χ0) is 20.9. The quantitative estimate of drug-likeness (QED) is 0.196. The maximum absolute atomic E-state index is 11.7. The van der Waals surface area contributed by atoms with Gasteiger partial charge in [-0.05, 0) is 12.8 Å². The van der Waals surface area contributed by atoms with E-state index in [1.54, 1.807) is 0 Å². The average Bonchev–Trinajstić information content (AvgIpc) is 2.67. The highest BCUT2D eigenvalue weighted by atomic mass is 16.4. The van der Waals surface area contributed by atoms with E-state index < -0.39 is 12.0 Å². The number of aldehydes is 1. The first kappa shape index (κ1) is 26.6. The molecule has 0 aromatic rings. The first-order valence-electron chi connectivity index (χ1n) is 11.2. The molecule has 0 aliphatic heterocycles. The van der Waals surface area contributed by atoms with E-state index in [0.29, 0.717) is 12.8 Å². The number of nitrogens with one attached hydrogen (secondary N) is 1. The van der Waals surface area contributed by atoms with E-state index in [1.807, 2.05) is 0 Å². The predicted molar refractivity (Wildman–Crippen MR) is 111 cm³/mol. The second kappa shape index (κ2) is 20.3. The molecule has 164 valence electrons. The normalized spacial score (nSPS) is 11.9. The van der Waals surface area contributed by atoms with Crippen molar-refractivity contribution in [2.45, 2.75) is 115 Å². The number of rotatable bonds is 21. The van der Waals surface area contributed by atoms with Crippen molar-refractivity contribution in [1.29, 1.82) is 0 Å². The molecule has 0 spiro atoms. The molecule has 0 saturated carbocycles. The van der Waals surface area contributed by atoms with Crippen LogP contribution in [0.15, 0.2) is 0 Å². The van der Waals surface area contributed by atoms with Gasteiger partial charge in [-0.25, -0.2) is 4.79 Å². The minimum absolute atomic E-state index is 0.0441. The lowest BCUT2D eigenvalue weighted by atomic mass is 10.0. The van der Waals surface area contributed by atoms with Gasteiger partial charge in [-0.15, -0.1) is 0 Å². The zero-order valence-electron chi connectivity index (χ0n) is 17.5. The van der Waals surface area contributed by atoms with E-state index in [-0.39, 0.29) is 18.9 Å². The first-order chi connectivity index (χ1) is 13.6. The summed E-state index contributed by atoms with van der Waals surface area (Å²) in [5.41, 5.74) is 0. The molecule has 0 saturated heterocycles. The smallest absolute Gasteiger partial charge is 0.326 e.